The highest BCUT2D eigenvalue weighted by Crippen LogP contribution is 2.10. The molecule has 3 heteroatoms. The van der Waals surface area contributed by atoms with E-state index in [0.29, 0.717) is 12.0 Å². The first-order valence-corrected chi connectivity index (χ1v) is 5.26. The molecule has 1 heterocycles. The van der Waals surface area contributed by atoms with Gasteiger partial charge in [0.1, 0.15) is 0 Å². The summed E-state index contributed by atoms with van der Waals surface area (Å²) in [6, 6.07) is 0.545. The van der Waals surface area contributed by atoms with Gasteiger partial charge in [0, 0.05) is 23.8 Å². The smallest absolute Gasteiger partial charge is 0.0638 e. The van der Waals surface area contributed by atoms with Gasteiger partial charge < -0.3 is 5.32 Å². The third-order valence-corrected chi connectivity index (χ3v) is 2.88. The summed E-state index contributed by atoms with van der Waals surface area (Å²) in [6.07, 6.45) is 0. The topological polar surface area (TPSA) is 40.7 Å². The van der Waals surface area contributed by atoms with Gasteiger partial charge in [-0.05, 0) is 26.7 Å². The highest BCUT2D eigenvalue weighted by atomic mass is 15.1. The van der Waals surface area contributed by atoms with Crippen LogP contribution in [0.3, 0.4) is 0 Å². The SMILES string of the molecule is Cc1n[nH]c(C)c1CNC(C)C(C)C. The number of hydrogen-bond acceptors (Lipinski definition) is 2. The van der Waals surface area contributed by atoms with Crippen molar-refractivity contribution in [2.24, 2.45) is 5.92 Å². The number of nitrogens with one attached hydrogen (secondary N) is 2. The number of hydrogen-bond donors (Lipinski definition) is 2. The van der Waals surface area contributed by atoms with Crippen molar-refractivity contribution >= 4 is 0 Å². The fourth-order valence-corrected chi connectivity index (χ4v) is 1.33. The second kappa shape index (κ2) is 4.60. The van der Waals surface area contributed by atoms with E-state index in [1.165, 1.54) is 11.3 Å². The van der Waals surface area contributed by atoms with Crippen LogP contribution in [0.5, 0.6) is 0 Å². The molecule has 0 fully saturated rings. The largest absolute Gasteiger partial charge is 0.310 e. The fourth-order valence-electron chi connectivity index (χ4n) is 1.33. The van der Waals surface area contributed by atoms with Gasteiger partial charge in [0.2, 0.25) is 0 Å². The van der Waals surface area contributed by atoms with E-state index in [1.807, 2.05) is 6.92 Å². The quantitative estimate of drug-likeness (QED) is 0.773. The zero-order chi connectivity index (χ0) is 10.7. The third-order valence-electron chi connectivity index (χ3n) is 2.88. The van der Waals surface area contributed by atoms with Crippen molar-refractivity contribution in [3.8, 4) is 0 Å². The molecule has 0 aromatic carbocycles. The Morgan fingerprint density at radius 3 is 2.36 bits per heavy atom. The van der Waals surface area contributed by atoms with Crippen LogP contribution in [0, 0.1) is 19.8 Å². The Bertz CT molecular complexity index is 269. The second-order valence-electron chi connectivity index (χ2n) is 4.33. The van der Waals surface area contributed by atoms with Crippen LogP contribution in [-0.2, 0) is 6.54 Å². The third kappa shape index (κ3) is 2.58. The molecule has 14 heavy (non-hydrogen) atoms. The molecule has 0 amide bonds. The minimum atomic E-state index is 0.545. The van der Waals surface area contributed by atoms with Crippen molar-refractivity contribution in [3.63, 3.8) is 0 Å². The average molecular weight is 195 g/mol. The van der Waals surface area contributed by atoms with E-state index in [1.54, 1.807) is 0 Å². The first-order valence-electron chi connectivity index (χ1n) is 5.26. The van der Waals surface area contributed by atoms with Gasteiger partial charge in [-0.1, -0.05) is 13.8 Å². The maximum absolute atomic E-state index is 4.17. The number of rotatable bonds is 4. The number of H-pyrrole nitrogens is 1. The zero-order valence-electron chi connectivity index (χ0n) is 9.81. The van der Waals surface area contributed by atoms with Gasteiger partial charge in [-0.25, -0.2) is 0 Å². The highest BCUT2D eigenvalue weighted by molar-refractivity contribution is 5.22. The molecule has 80 valence electrons. The summed E-state index contributed by atoms with van der Waals surface area (Å²) < 4.78 is 0. The molecular formula is C11H21N3. The number of aryl methyl sites for hydroxylation is 2. The maximum Gasteiger partial charge on any atom is 0.0638 e. The zero-order valence-corrected chi connectivity index (χ0v) is 9.81. The van der Waals surface area contributed by atoms with Crippen molar-refractivity contribution in [1.29, 1.82) is 0 Å². The van der Waals surface area contributed by atoms with Crippen molar-refractivity contribution in [2.45, 2.75) is 47.2 Å². The lowest BCUT2D eigenvalue weighted by molar-refractivity contribution is 0.425. The predicted octanol–water partition coefficient (Wildman–Crippen LogP) is 2.16. The maximum atomic E-state index is 4.17. The van der Waals surface area contributed by atoms with Crippen LogP contribution in [0.25, 0.3) is 0 Å². The van der Waals surface area contributed by atoms with E-state index in [2.05, 4.69) is 43.2 Å². The lowest BCUT2D eigenvalue weighted by Crippen LogP contribution is -2.30. The summed E-state index contributed by atoms with van der Waals surface area (Å²) in [5, 5.41) is 10.7. The summed E-state index contributed by atoms with van der Waals surface area (Å²) in [5.74, 6) is 0.669. The summed E-state index contributed by atoms with van der Waals surface area (Å²) in [4.78, 5) is 0. The van der Waals surface area contributed by atoms with Gasteiger partial charge in [0.15, 0.2) is 0 Å². The molecule has 1 aromatic heterocycles. The molecule has 1 rings (SSSR count). The summed E-state index contributed by atoms with van der Waals surface area (Å²) in [7, 11) is 0. The molecule has 1 unspecified atom stereocenters. The Balaban J connectivity index is 2.53. The van der Waals surface area contributed by atoms with Crippen LogP contribution >= 0.6 is 0 Å². The second-order valence-corrected chi connectivity index (χ2v) is 4.33. The van der Waals surface area contributed by atoms with Crippen LogP contribution in [-0.4, -0.2) is 16.2 Å². The van der Waals surface area contributed by atoms with Crippen LogP contribution < -0.4 is 5.32 Å². The Labute approximate surface area is 86.3 Å². The molecular weight excluding hydrogens is 174 g/mol. The molecule has 0 saturated heterocycles. The van der Waals surface area contributed by atoms with E-state index < -0.39 is 0 Å². The molecule has 0 bridgehead atoms. The predicted molar refractivity (Wildman–Crippen MR) is 59.2 cm³/mol. The van der Waals surface area contributed by atoms with Crippen LogP contribution in [0.1, 0.15) is 37.7 Å². The van der Waals surface area contributed by atoms with Gasteiger partial charge >= 0.3 is 0 Å². The van der Waals surface area contributed by atoms with Crippen LogP contribution in [0.2, 0.25) is 0 Å². The van der Waals surface area contributed by atoms with Crippen molar-refractivity contribution in [2.75, 3.05) is 0 Å². The number of nitrogens with zero attached hydrogens (tertiary/aromatic N) is 1. The number of aromatic nitrogens is 2. The molecule has 0 aliphatic carbocycles. The standard InChI is InChI=1S/C11H21N3/c1-7(2)8(3)12-6-11-9(4)13-14-10(11)5/h7-8,12H,6H2,1-5H3,(H,13,14). The van der Waals surface area contributed by atoms with Gasteiger partial charge in [-0.3, -0.25) is 5.10 Å². The Kier molecular flexibility index (Phi) is 3.69. The number of aromatic amines is 1. The van der Waals surface area contributed by atoms with Gasteiger partial charge in [-0.2, -0.15) is 5.10 Å². The van der Waals surface area contributed by atoms with E-state index in [4.69, 9.17) is 0 Å². The van der Waals surface area contributed by atoms with Crippen molar-refractivity contribution in [1.82, 2.24) is 15.5 Å². The lowest BCUT2D eigenvalue weighted by Gasteiger charge is -2.17. The molecule has 1 aromatic rings. The molecule has 3 nitrogen and oxygen atoms in total. The molecule has 1 atom stereocenters. The minimum absolute atomic E-state index is 0.545. The van der Waals surface area contributed by atoms with Crippen LogP contribution in [0.15, 0.2) is 0 Å². The van der Waals surface area contributed by atoms with Crippen molar-refractivity contribution < 1.29 is 0 Å². The van der Waals surface area contributed by atoms with Gasteiger partial charge in [0.05, 0.1) is 5.69 Å². The highest BCUT2D eigenvalue weighted by Gasteiger charge is 2.09. The molecule has 0 saturated carbocycles. The molecule has 0 spiro atoms. The van der Waals surface area contributed by atoms with Crippen LogP contribution in [0.4, 0.5) is 0 Å². The average Bonchev–Trinajstić information content (AvgIpc) is 2.43. The molecule has 0 aliphatic rings. The monoisotopic (exact) mass is 195 g/mol. The molecule has 0 aliphatic heterocycles. The summed E-state index contributed by atoms with van der Waals surface area (Å²) in [5.41, 5.74) is 3.58. The van der Waals surface area contributed by atoms with Gasteiger partial charge in [-0.15, -0.1) is 0 Å². The van der Waals surface area contributed by atoms with E-state index in [9.17, 15) is 0 Å². The van der Waals surface area contributed by atoms with E-state index >= 15 is 0 Å². The minimum Gasteiger partial charge on any atom is -0.310 e. The first kappa shape index (κ1) is 11.2. The van der Waals surface area contributed by atoms with E-state index in [-0.39, 0.29) is 0 Å². The first-order chi connectivity index (χ1) is 6.52. The normalized spacial score (nSPS) is 13.6. The fraction of sp³-hybridized carbons (Fsp3) is 0.727. The van der Waals surface area contributed by atoms with Gasteiger partial charge in [0.25, 0.3) is 0 Å². The summed E-state index contributed by atoms with van der Waals surface area (Å²) >= 11 is 0. The Morgan fingerprint density at radius 2 is 1.93 bits per heavy atom. The summed E-state index contributed by atoms with van der Waals surface area (Å²) in [6.45, 7) is 11.7. The van der Waals surface area contributed by atoms with E-state index in [0.717, 1.165) is 12.2 Å². The molecule has 0 radical (unpaired) electrons. The molecule has 2 N–H and O–H groups in total. The lowest BCUT2D eigenvalue weighted by atomic mass is 10.1. The Hall–Kier alpha value is -0.830. The Morgan fingerprint density at radius 1 is 1.29 bits per heavy atom. The van der Waals surface area contributed by atoms with Crippen molar-refractivity contribution in [3.05, 3.63) is 17.0 Å².